The van der Waals surface area contributed by atoms with Gasteiger partial charge in [0.15, 0.2) is 5.65 Å². The molecule has 1 saturated heterocycles. The van der Waals surface area contributed by atoms with Gasteiger partial charge in [-0.15, -0.1) is 0 Å². The Bertz CT molecular complexity index is 886. The molecule has 0 aromatic carbocycles. The van der Waals surface area contributed by atoms with Crippen LogP contribution in [0.4, 0.5) is 0 Å². The lowest BCUT2D eigenvalue weighted by molar-refractivity contribution is 0.0897. The smallest absolute Gasteiger partial charge is 0.304 e. The molecule has 2 aromatic heterocycles. The highest BCUT2D eigenvalue weighted by atomic mass is 79.9. The van der Waals surface area contributed by atoms with E-state index in [4.69, 9.17) is 0 Å². The van der Waals surface area contributed by atoms with Gasteiger partial charge in [-0.05, 0) is 55.6 Å². The molecular formula is C17H23BrN4O2. The van der Waals surface area contributed by atoms with Crippen LogP contribution >= 0.6 is 15.9 Å². The topological polar surface area (TPSA) is 60.1 Å². The molecule has 0 atom stereocenters. The number of hydrogen-bond donors (Lipinski definition) is 0. The van der Waals surface area contributed by atoms with E-state index in [-0.39, 0.29) is 11.6 Å². The van der Waals surface area contributed by atoms with E-state index in [0.717, 1.165) is 30.4 Å². The lowest BCUT2D eigenvalue weighted by Gasteiger charge is -2.41. The summed E-state index contributed by atoms with van der Waals surface area (Å²) in [5, 5.41) is 0. The Kier molecular flexibility index (Phi) is 4.42. The van der Waals surface area contributed by atoms with Crippen molar-refractivity contribution in [3.63, 3.8) is 0 Å². The van der Waals surface area contributed by atoms with Crippen molar-refractivity contribution in [3.05, 3.63) is 37.4 Å². The normalized spacial score (nSPS) is 17.5. The standard InChI is InChI=1S/C17H23BrN4O2/c1-17(2,3)21-7-5-12(6-8-21)22-14-13(9-11(18)10-19-14)20(4)15(23)16(22)24/h9-10,12H,5-8H2,1-4H3. The Morgan fingerprint density at radius 1 is 1.17 bits per heavy atom. The van der Waals surface area contributed by atoms with Crippen LogP contribution in [-0.4, -0.2) is 37.6 Å². The summed E-state index contributed by atoms with van der Waals surface area (Å²) in [5.41, 5.74) is 0.398. The fourth-order valence-corrected chi connectivity index (χ4v) is 3.76. The average Bonchev–Trinajstić information content (AvgIpc) is 2.53. The zero-order valence-corrected chi connectivity index (χ0v) is 16.1. The van der Waals surface area contributed by atoms with Crippen LogP contribution in [0.5, 0.6) is 0 Å². The Morgan fingerprint density at radius 3 is 2.38 bits per heavy atom. The third kappa shape index (κ3) is 2.95. The molecule has 2 aromatic rings. The lowest BCUT2D eigenvalue weighted by atomic mass is 9.98. The van der Waals surface area contributed by atoms with Gasteiger partial charge < -0.3 is 4.57 Å². The number of halogens is 1. The van der Waals surface area contributed by atoms with Crippen LogP contribution in [-0.2, 0) is 7.05 Å². The minimum atomic E-state index is -0.499. The lowest BCUT2D eigenvalue weighted by Crippen LogP contribution is -2.49. The van der Waals surface area contributed by atoms with E-state index in [9.17, 15) is 9.59 Å². The number of fused-ring (bicyclic) bond motifs is 1. The number of pyridine rings is 1. The Hall–Kier alpha value is -1.47. The number of piperidine rings is 1. The van der Waals surface area contributed by atoms with Crippen molar-refractivity contribution >= 4 is 27.1 Å². The van der Waals surface area contributed by atoms with E-state index in [0.29, 0.717) is 11.2 Å². The maximum Gasteiger partial charge on any atom is 0.318 e. The highest BCUT2D eigenvalue weighted by Gasteiger charge is 2.29. The van der Waals surface area contributed by atoms with Gasteiger partial charge in [0.1, 0.15) is 0 Å². The molecule has 0 spiro atoms. The van der Waals surface area contributed by atoms with Crippen LogP contribution in [0.2, 0.25) is 0 Å². The highest BCUT2D eigenvalue weighted by molar-refractivity contribution is 9.10. The molecular weight excluding hydrogens is 372 g/mol. The van der Waals surface area contributed by atoms with Crippen LogP contribution < -0.4 is 11.1 Å². The summed E-state index contributed by atoms with van der Waals surface area (Å²) in [6.45, 7) is 8.42. The van der Waals surface area contributed by atoms with Crippen molar-refractivity contribution in [1.29, 1.82) is 0 Å². The fraction of sp³-hybridized carbons (Fsp3) is 0.588. The van der Waals surface area contributed by atoms with E-state index in [1.165, 1.54) is 4.57 Å². The molecule has 0 amide bonds. The van der Waals surface area contributed by atoms with Gasteiger partial charge in [-0.3, -0.25) is 19.1 Å². The van der Waals surface area contributed by atoms with Crippen LogP contribution in [0.3, 0.4) is 0 Å². The first-order valence-electron chi connectivity index (χ1n) is 8.22. The molecule has 6 nitrogen and oxygen atoms in total. The summed E-state index contributed by atoms with van der Waals surface area (Å²) < 4.78 is 3.79. The molecule has 0 aliphatic carbocycles. The van der Waals surface area contributed by atoms with Crippen molar-refractivity contribution < 1.29 is 0 Å². The average molecular weight is 395 g/mol. The SMILES string of the molecule is Cn1c(=O)c(=O)n(C2CCN(C(C)(C)C)CC2)c2ncc(Br)cc21. The molecule has 3 heterocycles. The van der Waals surface area contributed by atoms with Crippen LogP contribution in [0.1, 0.15) is 39.7 Å². The first-order chi connectivity index (χ1) is 11.2. The van der Waals surface area contributed by atoms with Gasteiger partial charge in [0, 0.05) is 42.4 Å². The third-order valence-corrected chi connectivity index (χ3v) is 5.32. The van der Waals surface area contributed by atoms with Gasteiger partial charge in [0.25, 0.3) is 0 Å². The molecule has 3 rings (SSSR count). The fourth-order valence-electron chi connectivity index (χ4n) is 3.44. The van der Waals surface area contributed by atoms with Gasteiger partial charge in [-0.25, -0.2) is 4.98 Å². The van der Waals surface area contributed by atoms with Crippen LogP contribution in [0.15, 0.2) is 26.3 Å². The zero-order valence-electron chi connectivity index (χ0n) is 14.5. The zero-order chi connectivity index (χ0) is 17.6. The van der Waals surface area contributed by atoms with Gasteiger partial charge in [-0.1, -0.05) is 0 Å². The molecule has 0 unspecified atom stereocenters. The molecule has 1 aliphatic heterocycles. The molecule has 7 heteroatoms. The second-order valence-corrected chi connectivity index (χ2v) is 8.34. The summed E-state index contributed by atoms with van der Waals surface area (Å²) in [6, 6.07) is 1.85. The number of aromatic nitrogens is 3. The summed E-state index contributed by atoms with van der Waals surface area (Å²) in [5.74, 6) is 0. The van der Waals surface area contributed by atoms with E-state index in [1.54, 1.807) is 17.8 Å². The van der Waals surface area contributed by atoms with Crippen molar-refractivity contribution in [2.45, 2.75) is 45.2 Å². The second-order valence-electron chi connectivity index (χ2n) is 7.42. The maximum atomic E-state index is 12.6. The summed E-state index contributed by atoms with van der Waals surface area (Å²) in [7, 11) is 1.62. The Labute approximate surface area is 149 Å². The monoisotopic (exact) mass is 394 g/mol. The summed E-state index contributed by atoms with van der Waals surface area (Å²) in [4.78, 5) is 31.8. The highest BCUT2D eigenvalue weighted by Crippen LogP contribution is 2.28. The minimum Gasteiger partial charge on any atom is -0.304 e. The minimum absolute atomic E-state index is 0.0150. The summed E-state index contributed by atoms with van der Waals surface area (Å²) >= 11 is 3.39. The predicted molar refractivity (Wildman–Crippen MR) is 98.5 cm³/mol. The maximum absolute atomic E-state index is 12.6. The van der Waals surface area contributed by atoms with Crippen molar-refractivity contribution in [3.8, 4) is 0 Å². The molecule has 24 heavy (non-hydrogen) atoms. The number of rotatable bonds is 1. The quantitative estimate of drug-likeness (QED) is 0.696. The number of hydrogen-bond acceptors (Lipinski definition) is 4. The predicted octanol–water partition coefficient (Wildman–Crippen LogP) is 2.29. The first kappa shape index (κ1) is 17.4. The van der Waals surface area contributed by atoms with Gasteiger partial charge in [0.05, 0.1) is 5.52 Å². The molecule has 1 aliphatic rings. The van der Waals surface area contributed by atoms with Gasteiger partial charge in [-0.2, -0.15) is 0 Å². The molecule has 0 bridgehead atoms. The van der Waals surface area contributed by atoms with Gasteiger partial charge in [0.2, 0.25) is 0 Å². The molecule has 0 saturated carbocycles. The first-order valence-corrected chi connectivity index (χ1v) is 9.01. The molecule has 0 N–H and O–H groups in total. The van der Waals surface area contributed by atoms with E-state index >= 15 is 0 Å². The molecule has 1 fully saturated rings. The second kappa shape index (κ2) is 6.11. The van der Waals surface area contributed by atoms with Crippen molar-refractivity contribution in [2.75, 3.05) is 13.1 Å². The molecule has 0 radical (unpaired) electrons. The summed E-state index contributed by atoms with van der Waals surface area (Å²) in [6.07, 6.45) is 3.36. The Balaban J connectivity index is 2.08. The number of aryl methyl sites for hydroxylation is 1. The van der Waals surface area contributed by atoms with Crippen molar-refractivity contribution in [2.24, 2.45) is 7.05 Å². The van der Waals surface area contributed by atoms with Crippen LogP contribution in [0, 0.1) is 0 Å². The van der Waals surface area contributed by atoms with Crippen molar-refractivity contribution in [1.82, 2.24) is 19.0 Å². The number of likely N-dealkylation sites (tertiary alicyclic amines) is 1. The third-order valence-electron chi connectivity index (χ3n) is 4.89. The number of nitrogens with zero attached hydrogens (tertiary/aromatic N) is 4. The largest absolute Gasteiger partial charge is 0.318 e. The van der Waals surface area contributed by atoms with E-state index < -0.39 is 11.1 Å². The van der Waals surface area contributed by atoms with Crippen LogP contribution in [0.25, 0.3) is 11.2 Å². The van der Waals surface area contributed by atoms with Gasteiger partial charge >= 0.3 is 11.1 Å². The Morgan fingerprint density at radius 2 is 1.79 bits per heavy atom. The van der Waals surface area contributed by atoms with E-state index in [2.05, 4.69) is 46.6 Å². The van der Waals surface area contributed by atoms with E-state index in [1.807, 2.05) is 6.07 Å². The molecule has 130 valence electrons.